The van der Waals surface area contributed by atoms with Crippen molar-refractivity contribution in [2.45, 2.75) is 33.1 Å². The van der Waals surface area contributed by atoms with Crippen LogP contribution in [-0.2, 0) is 13.2 Å². The lowest BCUT2D eigenvalue weighted by molar-refractivity contribution is 0.110. The minimum atomic E-state index is -0.104. The molecule has 0 saturated carbocycles. The summed E-state index contributed by atoms with van der Waals surface area (Å²) in [5, 5.41) is 37.5. The van der Waals surface area contributed by atoms with Crippen LogP contribution in [0.25, 0.3) is 22.8 Å². The van der Waals surface area contributed by atoms with E-state index in [1.54, 1.807) is 36.7 Å². The van der Waals surface area contributed by atoms with Gasteiger partial charge in [0.25, 0.3) is 0 Å². The van der Waals surface area contributed by atoms with Crippen molar-refractivity contribution in [3.05, 3.63) is 114 Å². The summed E-state index contributed by atoms with van der Waals surface area (Å²) in [6.45, 7) is 4.57. The second-order valence-corrected chi connectivity index (χ2v) is 10.4. The number of nitrogens with zero attached hydrogens (tertiary/aromatic N) is 6. The third-order valence-electron chi connectivity index (χ3n) is 6.92. The Balaban J connectivity index is 0.000000186. The second kappa shape index (κ2) is 15.1. The fourth-order valence-corrected chi connectivity index (χ4v) is 4.65. The molecule has 3 heterocycles. The zero-order valence-electron chi connectivity index (χ0n) is 25.5. The molecule has 0 bridgehead atoms. The van der Waals surface area contributed by atoms with E-state index < -0.39 is 0 Å². The molecule has 0 unspecified atom stereocenters. The largest absolute Gasteiger partial charge is 0.507 e. The maximum atomic E-state index is 11.2. The highest BCUT2D eigenvalue weighted by Gasteiger charge is 2.15. The first-order chi connectivity index (χ1) is 22.9. The smallest absolute Gasteiger partial charge is 0.204 e. The van der Waals surface area contributed by atoms with Crippen LogP contribution in [-0.4, -0.2) is 58.2 Å². The van der Waals surface area contributed by atoms with Crippen molar-refractivity contribution in [1.82, 2.24) is 35.4 Å². The molecule has 6 rings (SSSR count). The molecule has 13 nitrogen and oxygen atoms in total. The Hall–Kier alpha value is -6.37. The fourth-order valence-electron chi connectivity index (χ4n) is 4.65. The molecule has 238 valence electrons. The number of aromatic nitrogens is 7. The number of benzene rings is 3. The molecule has 3 aromatic heterocycles. The van der Waals surface area contributed by atoms with Crippen molar-refractivity contribution in [3.63, 3.8) is 0 Å². The third kappa shape index (κ3) is 7.65. The number of rotatable bonds is 11. The Morgan fingerprint density at radius 3 is 2.15 bits per heavy atom. The number of hydrogen-bond donors (Lipinski definition) is 3. The normalized spacial score (nSPS) is 10.6. The average molecular weight is 634 g/mol. The number of carbonyl (C=O) groups excluding carboxylic acids is 2. The van der Waals surface area contributed by atoms with Crippen LogP contribution in [0.2, 0.25) is 0 Å². The second-order valence-electron chi connectivity index (χ2n) is 10.4. The lowest BCUT2D eigenvalue weighted by Gasteiger charge is -2.14. The molecule has 0 saturated heterocycles. The molecule has 0 radical (unpaired) electrons. The van der Waals surface area contributed by atoms with E-state index >= 15 is 0 Å². The molecular weight excluding hydrogens is 602 g/mol. The Morgan fingerprint density at radius 1 is 0.830 bits per heavy atom. The maximum Gasteiger partial charge on any atom is 0.204 e. The van der Waals surface area contributed by atoms with Gasteiger partial charge in [-0.2, -0.15) is 10.3 Å². The highest BCUT2D eigenvalue weighted by atomic mass is 16.5. The van der Waals surface area contributed by atoms with E-state index in [1.807, 2.05) is 47.1 Å². The standard InChI is InChI=1S/C19H19N3O3.C15H12N4O3/c1-13(2)22-16(8-10-21-22)19-14(5-4-9-20-19)12-25-18-7-3-6-17(24)15(18)11-23;20-8-12-13(21)5-2-6-14(12)22-9-10-3-1-4-11(7-10)15-16-18-19-17-15/h3-11,13,24H,12H2,1-2H3;1-8,21H,9H2,(H,16,17,18,19). The minimum absolute atomic E-state index is 0.100. The maximum absolute atomic E-state index is 11.2. The molecule has 0 aliphatic heterocycles. The van der Waals surface area contributed by atoms with E-state index in [9.17, 15) is 19.8 Å². The molecule has 13 heteroatoms. The van der Waals surface area contributed by atoms with Crippen LogP contribution in [0, 0.1) is 0 Å². The van der Waals surface area contributed by atoms with Crippen LogP contribution in [0.1, 0.15) is 51.7 Å². The summed E-state index contributed by atoms with van der Waals surface area (Å²) in [5.74, 6) is 0.958. The summed E-state index contributed by atoms with van der Waals surface area (Å²) in [6, 6.07) is 22.8. The van der Waals surface area contributed by atoms with Gasteiger partial charge in [-0.15, -0.1) is 10.2 Å². The summed E-state index contributed by atoms with van der Waals surface area (Å²) >= 11 is 0. The van der Waals surface area contributed by atoms with Gasteiger partial charge in [-0.25, -0.2) is 0 Å². The van der Waals surface area contributed by atoms with Gasteiger partial charge < -0.3 is 19.7 Å². The van der Waals surface area contributed by atoms with Gasteiger partial charge >= 0.3 is 0 Å². The average Bonchev–Trinajstić information content (AvgIpc) is 3.81. The van der Waals surface area contributed by atoms with E-state index in [1.165, 1.54) is 12.1 Å². The van der Waals surface area contributed by atoms with Crippen LogP contribution in [0.15, 0.2) is 91.3 Å². The zero-order valence-corrected chi connectivity index (χ0v) is 25.5. The summed E-state index contributed by atoms with van der Waals surface area (Å²) in [4.78, 5) is 26.6. The van der Waals surface area contributed by atoms with Crippen LogP contribution >= 0.6 is 0 Å². The van der Waals surface area contributed by atoms with Gasteiger partial charge in [0.15, 0.2) is 12.6 Å². The molecule has 3 N–H and O–H groups in total. The predicted molar refractivity (Wildman–Crippen MR) is 171 cm³/mol. The van der Waals surface area contributed by atoms with E-state index in [0.717, 1.165) is 28.1 Å². The highest BCUT2D eigenvalue weighted by molar-refractivity contribution is 5.84. The number of carbonyl (C=O) groups is 2. The number of hydrogen-bond acceptors (Lipinski definition) is 11. The number of H-pyrrole nitrogens is 1. The molecule has 3 aromatic carbocycles. The van der Waals surface area contributed by atoms with E-state index in [2.05, 4.69) is 44.6 Å². The van der Waals surface area contributed by atoms with Gasteiger partial charge in [0.2, 0.25) is 5.82 Å². The molecule has 0 fully saturated rings. The predicted octanol–water partition coefficient (Wildman–Crippen LogP) is 5.59. The van der Waals surface area contributed by atoms with Gasteiger partial charge in [-0.1, -0.05) is 36.4 Å². The molecule has 47 heavy (non-hydrogen) atoms. The Morgan fingerprint density at radius 2 is 1.51 bits per heavy atom. The lowest BCUT2D eigenvalue weighted by atomic mass is 10.1. The Bertz CT molecular complexity index is 1960. The topological polar surface area (TPSA) is 178 Å². The number of aldehydes is 2. The molecule has 0 spiro atoms. The number of phenols is 2. The molecule has 0 aliphatic carbocycles. The number of phenolic OH excluding ortho intramolecular Hbond substituents is 2. The summed E-state index contributed by atoms with van der Waals surface area (Å²) in [5.41, 5.74) is 4.51. The number of tetrazole rings is 1. The third-order valence-corrected chi connectivity index (χ3v) is 6.92. The van der Waals surface area contributed by atoms with Gasteiger partial charge in [0.05, 0.1) is 22.5 Å². The first-order valence-electron chi connectivity index (χ1n) is 14.5. The fraction of sp³-hybridized carbons (Fsp3) is 0.147. The van der Waals surface area contributed by atoms with E-state index in [-0.39, 0.29) is 41.9 Å². The van der Waals surface area contributed by atoms with Crippen molar-refractivity contribution in [2.75, 3.05) is 0 Å². The molecule has 0 amide bonds. The number of pyridine rings is 1. The van der Waals surface area contributed by atoms with Crippen molar-refractivity contribution in [3.8, 4) is 45.8 Å². The summed E-state index contributed by atoms with van der Waals surface area (Å²) in [7, 11) is 0. The number of nitrogens with one attached hydrogen (secondary N) is 1. The lowest BCUT2D eigenvalue weighted by Crippen LogP contribution is -2.08. The molecule has 0 aliphatic rings. The van der Waals surface area contributed by atoms with Crippen LogP contribution < -0.4 is 9.47 Å². The quantitative estimate of drug-likeness (QED) is 0.152. The van der Waals surface area contributed by atoms with Gasteiger partial charge in [-0.3, -0.25) is 19.3 Å². The van der Waals surface area contributed by atoms with Crippen LogP contribution in [0.4, 0.5) is 0 Å². The van der Waals surface area contributed by atoms with Crippen molar-refractivity contribution >= 4 is 12.6 Å². The SMILES string of the molecule is CC(C)n1nccc1-c1ncccc1COc1cccc(O)c1C=O.O=Cc1c(O)cccc1OCc1cccc(-c2nn[nH]n2)c1. The van der Waals surface area contributed by atoms with Crippen LogP contribution in [0.5, 0.6) is 23.0 Å². The van der Waals surface area contributed by atoms with E-state index in [0.29, 0.717) is 29.9 Å². The number of ether oxygens (including phenoxy) is 2. The minimum Gasteiger partial charge on any atom is -0.507 e. The Kier molecular flexibility index (Phi) is 10.3. The number of aromatic amines is 1. The van der Waals surface area contributed by atoms with Crippen molar-refractivity contribution in [1.29, 1.82) is 0 Å². The van der Waals surface area contributed by atoms with Gasteiger partial charge in [0, 0.05) is 29.6 Å². The van der Waals surface area contributed by atoms with Crippen LogP contribution in [0.3, 0.4) is 0 Å². The Labute approximate surface area is 269 Å². The summed E-state index contributed by atoms with van der Waals surface area (Å²) in [6.07, 6.45) is 4.62. The zero-order chi connectivity index (χ0) is 33.2. The monoisotopic (exact) mass is 633 g/mol. The molecular formula is C34H31N7O6. The summed E-state index contributed by atoms with van der Waals surface area (Å²) < 4.78 is 13.3. The van der Waals surface area contributed by atoms with E-state index in [4.69, 9.17) is 9.47 Å². The van der Waals surface area contributed by atoms with Gasteiger partial charge in [0.1, 0.15) is 36.2 Å². The highest BCUT2D eigenvalue weighted by Crippen LogP contribution is 2.29. The van der Waals surface area contributed by atoms with Crippen molar-refractivity contribution < 1.29 is 29.3 Å². The first-order valence-corrected chi connectivity index (χ1v) is 14.5. The van der Waals surface area contributed by atoms with Gasteiger partial charge in [-0.05, 0) is 67.1 Å². The number of aromatic hydroxyl groups is 2. The first kappa shape index (κ1) is 32.0. The molecule has 0 atom stereocenters. The molecule has 6 aromatic rings. The van der Waals surface area contributed by atoms with Crippen molar-refractivity contribution in [2.24, 2.45) is 0 Å².